The van der Waals surface area contributed by atoms with Gasteiger partial charge in [0.2, 0.25) is 0 Å². The molecule has 0 bridgehead atoms. The standard InChI is InChI=1S/C18H17Cl2N3O4/c1-10(13-6-5-12(26-2)9-16(13)27-3)22-23-18(25)17(24)21-15-8-11(19)4-7-14(15)20/h4-9H,1-3H3,(H,21,24)(H,23,25). The van der Waals surface area contributed by atoms with Crippen molar-refractivity contribution < 1.29 is 19.1 Å². The van der Waals surface area contributed by atoms with Gasteiger partial charge in [-0.3, -0.25) is 9.59 Å². The molecule has 0 spiro atoms. The topological polar surface area (TPSA) is 89.0 Å². The molecule has 2 aromatic carbocycles. The van der Waals surface area contributed by atoms with Gasteiger partial charge in [-0.15, -0.1) is 0 Å². The summed E-state index contributed by atoms with van der Waals surface area (Å²) in [7, 11) is 3.05. The molecule has 27 heavy (non-hydrogen) atoms. The lowest BCUT2D eigenvalue weighted by molar-refractivity contribution is -0.136. The highest BCUT2D eigenvalue weighted by Gasteiger charge is 2.16. The molecule has 0 saturated carbocycles. The Kier molecular flexibility index (Phi) is 7.04. The number of nitrogens with one attached hydrogen (secondary N) is 2. The Balaban J connectivity index is 2.09. The zero-order valence-electron chi connectivity index (χ0n) is 14.8. The van der Waals surface area contributed by atoms with Crippen LogP contribution in [0.4, 0.5) is 5.69 Å². The van der Waals surface area contributed by atoms with Gasteiger partial charge in [-0.2, -0.15) is 5.10 Å². The molecule has 9 heteroatoms. The molecule has 0 aliphatic heterocycles. The van der Waals surface area contributed by atoms with Crippen LogP contribution < -0.4 is 20.2 Å². The minimum atomic E-state index is -0.960. The number of methoxy groups -OCH3 is 2. The molecule has 0 radical (unpaired) electrons. The molecule has 2 aromatic rings. The van der Waals surface area contributed by atoms with Crippen LogP contribution in [0, 0.1) is 0 Å². The van der Waals surface area contributed by atoms with Gasteiger partial charge in [0.25, 0.3) is 0 Å². The van der Waals surface area contributed by atoms with E-state index in [1.807, 2.05) is 0 Å². The number of halogens is 2. The summed E-state index contributed by atoms with van der Waals surface area (Å²) in [6.07, 6.45) is 0. The van der Waals surface area contributed by atoms with Crippen molar-refractivity contribution in [3.8, 4) is 11.5 Å². The summed E-state index contributed by atoms with van der Waals surface area (Å²) < 4.78 is 10.4. The monoisotopic (exact) mass is 409 g/mol. The molecule has 0 heterocycles. The highest BCUT2D eigenvalue weighted by Crippen LogP contribution is 2.26. The van der Waals surface area contributed by atoms with E-state index < -0.39 is 11.8 Å². The van der Waals surface area contributed by atoms with Crippen molar-refractivity contribution in [1.29, 1.82) is 0 Å². The molecule has 0 aliphatic carbocycles. The van der Waals surface area contributed by atoms with Crippen molar-refractivity contribution in [3.05, 3.63) is 52.0 Å². The number of hydrogen-bond donors (Lipinski definition) is 2. The highest BCUT2D eigenvalue weighted by atomic mass is 35.5. The maximum atomic E-state index is 12.0. The van der Waals surface area contributed by atoms with E-state index in [4.69, 9.17) is 32.7 Å². The van der Waals surface area contributed by atoms with Gasteiger partial charge in [0.1, 0.15) is 11.5 Å². The zero-order chi connectivity index (χ0) is 20.0. The van der Waals surface area contributed by atoms with Crippen LogP contribution in [-0.4, -0.2) is 31.7 Å². The van der Waals surface area contributed by atoms with E-state index in [0.717, 1.165) is 0 Å². The van der Waals surface area contributed by atoms with Crippen LogP contribution in [0.3, 0.4) is 0 Å². The number of hydrazone groups is 1. The Labute approximate surface area is 166 Å². The number of hydrogen-bond acceptors (Lipinski definition) is 5. The van der Waals surface area contributed by atoms with Crippen LogP contribution in [0.15, 0.2) is 41.5 Å². The van der Waals surface area contributed by atoms with Gasteiger partial charge in [-0.25, -0.2) is 5.43 Å². The van der Waals surface area contributed by atoms with Gasteiger partial charge in [-0.1, -0.05) is 23.2 Å². The molecule has 0 atom stereocenters. The number of anilines is 1. The molecule has 2 N–H and O–H groups in total. The van der Waals surface area contributed by atoms with Crippen molar-refractivity contribution in [1.82, 2.24) is 5.43 Å². The fourth-order valence-electron chi connectivity index (χ4n) is 2.12. The SMILES string of the molecule is COc1ccc(C(C)=NNC(=O)C(=O)Nc2cc(Cl)ccc2Cl)c(OC)c1. The Hall–Kier alpha value is -2.77. The van der Waals surface area contributed by atoms with E-state index in [-0.39, 0.29) is 10.7 Å². The maximum Gasteiger partial charge on any atom is 0.329 e. The Bertz CT molecular complexity index is 900. The van der Waals surface area contributed by atoms with Gasteiger partial charge >= 0.3 is 11.8 Å². The number of carbonyl (C=O) groups excluding carboxylic acids is 2. The molecule has 7 nitrogen and oxygen atoms in total. The van der Waals surface area contributed by atoms with E-state index in [0.29, 0.717) is 27.8 Å². The first-order valence-corrected chi connectivity index (χ1v) is 8.44. The van der Waals surface area contributed by atoms with Crippen LogP contribution in [-0.2, 0) is 9.59 Å². The number of benzene rings is 2. The van der Waals surface area contributed by atoms with Crippen molar-refractivity contribution >= 4 is 46.4 Å². The van der Waals surface area contributed by atoms with Crippen molar-refractivity contribution in [2.75, 3.05) is 19.5 Å². The first kappa shape index (κ1) is 20.5. The van der Waals surface area contributed by atoms with Gasteiger partial charge in [-0.05, 0) is 37.3 Å². The van der Waals surface area contributed by atoms with Crippen LogP contribution in [0.25, 0.3) is 0 Å². The van der Waals surface area contributed by atoms with E-state index >= 15 is 0 Å². The highest BCUT2D eigenvalue weighted by molar-refractivity contribution is 6.42. The smallest absolute Gasteiger partial charge is 0.329 e. The van der Waals surface area contributed by atoms with Gasteiger partial charge < -0.3 is 14.8 Å². The van der Waals surface area contributed by atoms with Crippen LogP contribution in [0.1, 0.15) is 12.5 Å². The van der Waals surface area contributed by atoms with Crippen molar-refractivity contribution in [2.45, 2.75) is 6.92 Å². The first-order chi connectivity index (χ1) is 12.8. The number of ether oxygens (including phenoxy) is 2. The van der Waals surface area contributed by atoms with Crippen LogP contribution in [0.2, 0.25) is 10.0 Å². The van der Waals surface area contributed by atoms with Gasteiger partial charge in [0.05, 0.1) is 30.6 Å². The minimum Gasteiger partial charge on any atom is -0.497 e. The lowest BCUT2D eigenvalue weighted by Crippen LogP contribution is -2.33. The Morgan fingerprint density at radius 3 is 2.41 bits per heavy atom. The summed E-state index contributed by atoms with van der Waals surface area (Å²) in [5.74, 6) is -0.763. The second kappa shape index (κ2) is 9.25. The molecule has 2 amide bonds. The number of nitrogens with zero attached hydrogens (tertiary/aromatic N) is 1. The third kappa shape index (κ3) is 5.35. The third-order valence-corrected chi connectivity index (χ3v) is 4.07. The molecule has 0 unspecified atom stereocenters. The number of amides is 2. The normalized spacial score (nSPS) is 10.9. The maximum absolute atomic E-state index is 12.0. The summed E-state index contributed by atoms with van der Waals surface area (Å²) in [4.78, 5) is 24.0. The van der Waals surface area contributed by atoms with Crippen LogP contribution in [0.5, 0.6) is 11.5 Å². The van der Waals surface area contributed by atoms with Crippen LogP contribution >= 0.6 is 23.2 Å². The summed E-state index contributed by atoms with van der Waals surface area (Å²) >= 11 is 11.8. The van der Waals surface area contributed by atoms with Gasteiger partial charge in [0.15, 0.2) is 0 Å². The Morgan fingerprint density at radius 2 is 1.74 bits per heavy atom. The summed E-state index contributed by atoms with van der Waals surface area (Å²) in [5, 5.41) is 6.94. The molecule has 2 rings (SSSR count). The number of rotatable bonds is 5. The zero-order valence-corrected chi connectivity index (χ0v) is 16.3. The first-order valence-electron chi connectivity index (χ1n) is 7.68. The molecule has 0 saturated heterocycles. The predicted molar refractivity (Wildman–Crippen MR) is 105 cm³/mol. The van der Waals surface area contributed by atoms with E-state index in [2.05, 4.69) is 15.8 Å². The third-order valence-electron chi connectivity index (χ3n) is 3.51. The van der Waals surface area contributed by atoms with Gasteiger partial charge in [0, 0.05) is 16.7 Å². The molecule has 0 fully saturated rings. The second-order valence-corrected chi connectivity index (χ2v) is 6.13. The quantitative estimate of drug-likeness (QED) is 0.449. The molecule has 0 aromatic heterocycles. The minimum absolute atomic E-state index is 0.224. The predicted octanol–water partition coefficient (Wildman–Crippen LogP) is 3.49. The van der Waals surface area contributed by atoms with E-state index in [1.165, 1.54) is 19.2 Å². The fourth-order valence-corrected chi connectivity index (χ4v) is 2.45. The second-order valence-electron chi connectivity index (χ2n) is 5.28. The van der Waals surface area contributed by atoms with E-state index in [9.17, 15) is 9.59 Å². The molecular weight excluding hydrogens is 393 g/mol. The average Bonchev–Trinajstić information content (AvgIpc) is 2.67. The molecule has 0 aliphatic rings. The largest absolute Gasteiger partial charge is 0.497 e. The summed E-state index contributed by atoms with van der Waals surface area (Å²) in [6.45, 7) is 1.66. The molecular formula is C18H17Cl2N3O4. The lowest BCUT2D eigenvalue weighted by atomic mass is 10.1. The average molecular weight is 410 g/mol. The van der Waals surface area contributed by atoms with Crippen molar-refractivity contribution in [3.63, 3.8) is 0 Å². The van der Waals surface area contributed by atoms with E-state index in [1.54, 1.807) is 38.3 Å². The molecule has 142 valence electrons. The summed E-state index contributed by atoms with van der Waals surface area (Å²) in [5.41, 5.74) is 3.49. The number of carbonyl (C=O) groups is 2. The lowest BCUT2D eigenvalue weighted by Gasteiger charge is -2.10. The van der Waals surface area contributed by atoms with Crippen molar-refractivity contribution in [2.24, 2.45) is 5.10 Å². The Morgan fingerprint density at radius 1 is 1.00 bits per heavy atom. The summed E-state index contributed by atoms with van der Waals surface area (Å²) in [6, 6.07) is 9.65. The fraction of sp³-hybridized carbons (Fsp3) is 0.167.